The van der Waals surface area contributed by atoms with Crippen LogP contribution in [-0.2, 0) is 21.2 Å². The van der Waals surface area contributed by atoms with Gasteiger partial charge in [0.1, 0.15) is 11.5 Å². The van der Waals surface area contributed by atoms with E-state index in [1.54, 1.807) is 31.4 Å². The van der Waals surface area contributed by atoms with Gasteiger partial charge in [-0.2, -0.15) is 0 Å². The van der Waals surface area contributed by atoms with Crippen molar-refractivity contribution in [3.63, 3.8) is 0 Å². The summed E-state index contributed by atoms with van der Waals surface area (Å²) in [4.78, 5) is 12.1. The summed E-state index contributed by atoms with van der Waals surface area (Å²) in [6.45, 7) is 0.339. The van der Waals surface area contributed by atoms with Crippen molar-refractivity contribution in [3.05, 3.63) is 54.1 Å². The lowest BCUT2D eigenvalue weighted by molar-refractivity contribution is -0.120. The zero-order chi connectivity index (χ0) is 18.3. The molecule has 0 aliphatic carbocycles. The second-order valence-corrected chi connectivity index (χ2v) is 7.48. The second kappa shape index (κ2) is 8.53. The molecular weight excluding hydrogens is 342 g/mol. The Morgan fingerprint density at radius 2 is 1.44 bits per heavy atom. The van der Waals surface area contributed by atoms with Gasteiger partial charge in [-0.1, -0.05) is 12.1 Å². The Bertz CT molecular complexity index is 798. The first-order valence-corrected chi connectivity index (χ1v) is 9.36. The Kier molecular flexibility index (Phi) is 6.41. The molecule has 0 unspecified atom stereocenters. The maximum atomic E-state index is 12.2. The molecule has 2 aromatic carbocycles. The number of nitrogens with one attached hydrogen (secondary N) is 1. The van der Waals surface area contributed by atoms with Crippen LogP contribution < -0.4 is 14.8 Å². The van der Waals surface area contributed by atoms with Crippen LogP contribution in [0.2, 0.25) is 0 Å². The summed E-state index contributed by atoms with van der Waals surface area (Å²) in [7, 11) is -0.411. The van der Waals surface area contributed by atoms with Crippen molar-refractivity contribution >= 4 is 15.7 Å². The standard InChI is InChI=1S/C18H21NO5S/c1-23-15-5-3-14(4-6-15)13-19-18(20)11-12-25(21,22)17-9-7-16(24-2)8-10-17/h3-10H,11-13H2,1-2H3,(H,19,20). The highest BCUT2D eigenvalue weighted by molar-refractivity contribution is 7.91. The van der Waals surface area contributed by atoms with E-state index in [0.29, 0.717) is 12.3 Å². The minimum Gasteiger partial charge on any atom is -0.497 e. The van der Waals surface area contributed by atoms with E-state index in [2.05, 4.69) is 5.32 Å². The zero-order valence-corrected chi connectivity index (χ0v) is 15.0. The van der Waals surface area contributed by atoms with Gasteiger partial charge in [0.15, 0.2) is 9.84 Å². The Labute approximate surface area is 147 Å². The van der Waals surface area contributed by atoms with Crippen molar-refractivity contribution in [2.75, 3.05) is 20.0 Å². The summed E-state index contributed by atoms with van der Waals surface area (Å²) >= 11 is 0. The minimum atomic E-state index is -3.51. The second-order valence-electron chi connectivity index (χ2n) is 5.37. The topological polar surface area (TPSA) is 81.7 Å². The first-order chi connectivity index (χ1) is 11.9. The Hall–Kier alpha value is -2.54. The Morgan fingerprint density at radius 3 is 1.96 bits per heavy atom. The van der Waals surface area contributed by atoms with E-state index in [9.17, 15) is 13.2 Å². The number of methoxy groups -OCH3 is 2. The molecule has 0 aromatic heterocycles. The third kappa shape index (κ3) is 5.49. The van der Waals surface area contributed by atoms with Crippen LogP contribution in [0, 0.1) is 0 Å². The molecule has 0 heterocycles. The molecular formula is C18H21NO5S. The van der Waals surface area contributed by atoms with Crippen LogP contribution in [0.5, 0.6) is 11.5 Å². The van der Waals surface area contributed by atoms with E-state index in [1.807, 2.05) is 12.1 Å². The van der Waals surface area contributed by atoms with E-state index >= 15 is 0 Å². The Morgan fingerprint density at radius 1 is 0.920 bits per heavy atom. The molecule has 0 saturated heterocycles. The fraction of sp³-hybridized carbons (Fsp3) is 0.278. The highest BCUT2D eigenvalue weighted by Crippen LogP contribution is 2.17. The summed E-state index contributed by atoms with van der Waals surface area (Å²) in [6.07, 6.45) is -0.0927. The molecule has 1 N–H and O–H groups in total. The normalized spacial score (nSPS) is 11.0. The summed E-state index contributed by atoms with van der Waals surface area (Å²) < 4.78 is 34.6. The number of amides is 1. The van der Waals surface area contributed by atoms with E-state index in [4.69, 9.17) is 9.47 Å². The predicted molar refractivity (Wildman–Crippen MR) is 94.5 cm³/mol. The van der Waals surface area contributed by atoms with Crippen LogP contribution in [0.25, 0.3) is 0 Å². The van der Waals surface area contributed by atoms with Gasteiger partial charge >= 0.3 is 0 Å². The minimum absolute atomic E-state index is 0.0927. The third-order valence-electron chi connectivity index (χ3n) is 3.67. The molecule has 0 radical (unpaired) electrons. The molecule has 0 spiro atoms. The smallest absolute Gasteiger partial charge is 0.221 e. The van der Waals surface area contributed by atoms with Gasteiger partial charge < -0.3 is 14.8 Å². The number of carbonyl (C=O) groups excluding carboxylic acids is 1. The average Bonchev–Trinajstić information content (AvgIpc) is 2.65. The van der Waals surface area contributed by atoms with E-state index in [1.165, 1.54) is 19.2 Å². The van der Waals surface area contributed by atoms with Gasteiger partial charge in [-0.15, -0.1) is 0 Å². The SMILES string of the molecule is COc1ccc(CNC(=O)CCS(=O)(=O)c2ccc(OC)cc2)cc1. The Balaban J connectivity index is 1.85. The molecule has 1 amide bonds. The lowest BCUT2D eigenvalue weighted by atomic mass is 10.2. The van der Waals surface area contributed by atoms with Crippen LogP contribution in [0.15, 0.2) is 53.4 Å². The van der Waals surface area contributed by atoms with Crippen molar-refractivity contribution < 1.29 is 22.7 Å². The number of sulfone groups is 1. The molecule has 6 nitrogen and oxygen atoms in total. The van der Waals surface area contributed by atoms with Crippen molar-refractivity contribution in [3.8, 4) is 11.5 Å². The summed E-state index contributed by atoms with van der Waals surface area (Å²) in [5.41, 5.74) is 0.909. The average molecular weight is 363 g/mol. The van der Waals surface area contributed by atoms with Crippen LogP contribution >= 0.6 is 0 Å². The molecule has 0 atom stereocenters. The lowest BCUT2D eigenvalue weighted by Gasteiger charge is -2.08. The van der Waals surface area contributed by atoms with Gasteiger partial charge in [-0.3, -0.25) is 4.79 Å². The first-order valence-electron chi connectivity index (χ1n) is 7.71. The highest BCUT2D eigenvalue weighted by Gasteiger charge is 2.16. The molecule has 0 bridgehead atoms. The van der Waals surface area contributed by atoms with Crippen molar-refractivity contribution in [1.29, 1.82) is 0 Å². The summed E-state index contributed by atoms with van der Waals surface area (Å²) in [5.74, 6) is 0.762. The molecule has 25 heavy (non-hydrogen) atoms. The number of hydrogen-bond acceptors (Lipinski definition) is 5. The van der Waals surface area contributed by atoms with Gasteiger partial charge in [0, 0.05) is 13.0 Å². The van der Waals surface area contributed by atoms with Gasteiger partial charge in [0.2, 0.25) is 5.91 Å². The van der Waals surface area contributed by atoms with E-state index < -0.39 is 9.84 Å². The predicted octanol–water partition coefficient (Wildman–Crippen LogP) is 2.18. The van der Waals surface area contributed by atoms with Crippen molar-refractivity contribution in [2.45, 2.75) is 17.9 Å². The van der Waals surface area contributed by atoms with Crippen LogP contribution in [0.1, 0.15) is 12.0 Å². The molecule has 0 aliphatic rings. The first kappa shape index (κ1) is 18.8. The van der Waals surface area contributed by atoms with Gasteiger partial charge in [0.25, 0.3) is 0 Å². The van der Waals surface area contributed by atoms with E-state index in [-0.39, 0.29) is 23.0 Å². The van der Waals surface area contributed by atoms with Crippen molar-refractivity contribution in [1.82, 2.24) is 5.32 Å². The number of rotatable bonds is 8. The quantitative estimate of drug-likeness (QED) is 0.777. The molecule has 134 valence electrons. The largest absolute Gasteiger partial charge is 0.497 e. The fourth-order valence-corrected chi connectivity index (χ4v) is 3.40. The number of hydrogen-bond donors (Lipinski definition) is 1. The van der Waals surface area contributed by atoms with Crippen LogP contribution in [0.3, 0.4) is 0 Å². The number of ether oxygens (including phenoxy) is 2. The molecule has 0 fully saturated rings. The number of benzene rings is 2. The van der Waals surface area contributed by atoms with Gasteiger partial charge in [-0.05, 0) is 42.0 Å². The highest BCUT2D eigenvalue weighted by atomic mass is 32.2. The molecule has 2 aromatic rings. The molecule has 0 saturated carbocycles. The van der Waals surface area contributed by atoms with Crippen molar-refractivity contribution in [2.24, 2.45) is 0 Å². The molecule has 0 aliphatic heterocycles. The van der Waals surface area contributed by atoms with Crippen LogP contribution in [-0.4, -0.2) is 34.3 Å². The summed E-state index contributed by atoms with van der Waals surface area (Å²) in [5, 5.41) is 2.71. The van der Waals surface area contributed by atoms with Gasteiger partial charge in [0.05, 0.1) is 24.9 Å². The maximum absolute atomic E-state index is 12.2. The maximum Gasteiger partial charge on any atom is 0.221 e. The monoisotopic (exact) mass is 363 g/mol. The van der Waals surface area contributed by atoms with Crippen LogP contribution in [0.4, 0.5) is 0 Å². The molecule has 7 heteroatoms. The zero-order valence-electron chi connectivity index (χ0n) is 14.2. The van der Waals surface area contributed by atoms with Gasteiger partial charge in [-0.25, -0.2) is 8.42 Å². The number of carbonyl (C=O) groups is 1. The summed E-state index contributed by atoms with van der Waals surface area (Å²) in [6, 6.07) is 13.4. The fourth-order valence-electron chi connectivity index (χ4n) is 2.16. The molecule has 2 rings (SSSR count). The third-order valence-corrected chi connectivity index (χ3v) is 5.40. The lowest BCUT2D eigenvalue weighted by Crippen LogP contribution is -2.25. The van der Waals surface area contributed by atoms with E-state index in [0.717, 1.165) is 11.3 Å².